The number of nitrogens with one attached hydrogen (secondary N) is 1. The number of aromatic nitrogens is 7. The van der Waals surface area contributed by atoms with E-state index in [1.807, 2.05) is 4.90 Å². The number of piperazine rings is 1. The molecule has 6 heterocycles. The highest BCUT2D eigenvalue weighted by atomic mass is 19.4. The summed E-state index contributed by atoms with van der Waals surface area (Å²) in [4.78, 5) is 33.9. The van der Waals surface area contributed by atoms with Gasteiger partial charge in [0.15, 0.2) is 17.9 Å². The highest BCUT2D eigenvalue weighted by Crippen LogP contribution is 2.32. The van der Waals surface area contributed by atoms with Crippen LogP contribution >= 0.6 is 0 Å². The maximum atomic E-state index is 13.3. The summed E-state index contributed by atoms with van der Waals surface area (Å²) in [5.41, 5.74) is 0.881. The Bertz CT molecular complexity index is 1550. The van der Waals surface area contributed by atoms with Crippen LogP contribution in [-0.2, 0) is 6.18 Å². The summed E-state index contributed by atoms with van der Waals surface area (Å²) >= 11 is 0. The first-order chi connectivity index (χ1) is 17.9. The van der Waals surface area contributed by atoms with Gasteiger partial charge in [0.1, 0.15) is 23.4 Å². The van der Waals surface area contributed by atoms with E-state index in [4.69, 9.17) is 4.42 Å². The third-order valence-corrected chi connectivity index (χ3v) is 6.22. The number of amides is 1. The second-order valence-corrected chi connectivity index (χ2v) is 8.39. The predicted octanol–water partition coefficient (Wildman–Crippen LogP) is 3.22. The van der Waals surface area contributed by atoms with Crippen LogP contribution in [0.4, 0.5) is 19.0 Å². The van der Waals surface area contributed by atoms with E-state index in [0.717, 1.165) is 17.8 Å². The summed E-state index contributed by atoms with van der Waals surface area (Å²) in [6.07, 6.45) is 5.36. The fourth-order valence-corrected chi connectivity index (χ4v) is 4.39. The van der Waals surface area contributed by atoms with Crippen LogP contribution in [0.1, 0.15) is 27.7 Å². The monoisotopic (exact) mass is 509 g/mol. The number of imidazole rings is 1. The molecule has 0 aromatic carbocycles. The number of hydrogen-bond acceptors (Lipinski definition) is 8. The van der Waals surface area contributed by atoms with E-state index in [1.54, 1.807) is 29.6 Å². The molecular formula is C23H18F3N9O2. The van der Waals surface area contributed by atoms with Crippen molar-refractivity contribution in [2.24, 2.45) is 0 Å². The fraction of sp³-hybridized carbons (Fsp3) is 0.217. The maximum Gasteiger partial charge on any atom is 0.417 e. The number of alkyl halides is 3. The van der Waals surface area contributed by atoms with Gasteiger partial charge in [0, 0.05) is 43.8 Å². The van der Waals surface area contributed by atoms with Crippen molar-refractivity contribution in [3.05, 3.63) is 78.7 Å². The van der Waals surface area contributed by atoms with Gasteiger partial charge in [0.05, 0.1) is 24.0 Å². The topological polar surface area (TPSA) is 121 Å². The molecular weight excluding hydrogens is 491 g/mol. The lowest BCUT2D eigenvalue weighted by Crippen LogP contribution is -2.51. The number of H-pyrrole nitrogens is 1. The van der Waals surface area contributed by atoms with Crippen molar-refractivity contribution in [1.29, 1.82) is 0 Å². The van der Waals surface area contributed by atoms with Crippen molar-refractivity contribution in [2.45, 2.75) is 12.2 Å². The molecule has 1 aliphatic heterocycles. The highest BCUT2D eigenvalue weighted by molar-refractivity contribution is 5.92. The Morgan fingerprint density at radius 2 is 2.00 bits per heavy atom. The summed E-state index contributed by atoms with van der Waals surface area (Å²) in [5, 5.41) is 6.80. The molecule has 1 saturated heterocycles. The second kappa shape index (κ2) is 8.72. The van der Waals surface area contributed by atoms with E-state index >= 15 is 0 Å². The van der Waals surface area contributed by atoms with Crippen LogP contribution in [0.25, 0.3) is 17.2 Å². The maximum absolute atomic E-state index is 13.3. The third kappa shape index (κ3) is 4.15. The zero-order chi connectivity index (χ0) is 25.6. The fourth-order valence-electron chi connectivity index (χ4n) is 4.39. The SMILES string of the molecule is O=C(c1cocn1)N1CCN(c2ccnc(-c3cnc4ccc(C(F)(F)F)cn34)n2)CC1c1cn[nH]c1. The van der Waals surface area contributed by atoms with Crippen molar-refractivity contribution >= 4 is 17.4 Å². The van der Waals surface area contributed by atoms with E-state index < -0.39 is 11.7 Å². The standard InChI is InChI=1S/C23H18F3N9O2/c24-23(25,26)15-1-2-19-28-9-17(35(19)10-15)21-27-4-3-20(32-21)33-5-6-34(22(36)16-12-37-13-29-16)18(11-33)14-7-30-31-8-14/h1-4,7-10,12-13,18H,5-6,11H2,(H,30,31). The first-order valence-corrected chi connectivity index (χ1v) is 11.2. The van der Waals surface area contributed by atoms with Crippen molar-refractivity contribution < 1.29 is 22.4 Å². The number of anilines is 1. The Labute approximate surface area is 206 Å². The highest BCUT2D eigenvalue weighted by Gasteiger charge is 2.35. The molecule has 0 radical (unpaired) electrons. The largest absolute Gasteiger partial charge is 0.451 e. The molecule has 0 saturated carbocycles. The number of carbonyl (C=O) groups excluding carboxylic acids is 1. The summed E-state index contributed by atoms with van der Waals surface area (Å²) in [6, 6.07) is 3.64. The Kier molecular flexibility index (Phi) is 5.35. The van der Waals surface area contributed by atoms with E-state index in [1.165, 1.54) is 29.3 Å². The first-order valence-electron chi connectivity index (χ1n) is 11.2. The van der Waals surface area contributed by atoms with E-state index in [0.29, 0.717) is 36.8 Å². The van der Waals surface area contributed by atoms with Gasteiger partial charge < -0.3 is 14.2 Å². The molecule has 1 fully saturated rings. The third-order valence-electron chi connectivity index (χ3n) is 6.22. The summed E-state index contributed by atoms with van der Waals surface area (Å²) in [5.74, 6) is 0.522. The van der Waals surface area contributed by atoms with Crippen molar-refractivity contribution in [2.75, 3.05) is 24.5 Å². The number of halogens is 3. The number of carbonyl (C=O) groups is 1. The molecule has 14 heteroatoms. The molecule has 0 spiro atoms. The summed E-state index contributed by atoms with van der Waals surface area (Å²) < 4.78 is 46.1. The average molecular weight is 509 g/mol. The van der Waals surface area contributed by atoms with Crippen LogP contribution < -0.4 is 4.90 Å². The number of fused-ring (bicyclic) bond motifs is 1. The summed E-state index contributed by atoms with van der Waals surface area (Å²) in [6.45, 7) is 1.22. The molecule has 1 N–H and O–H groups in total. The number of hydrogen-bond donors (Lipinski definition) is 1. The van der Waals surface area contributed by atoms with E-state index in [9.17, 15) is 18.0 Å². The van der Waals surface area contributed by atoms with E-state index in [-0.39, 0.29) is 23.5 Å². The second-order valence-electron chi connectivity index (χ2n) is 8.39. The van der Waals surface area contributed by atoms with Gasteiger partial charge in [0.2, 0.25) is 0 Å². The predicted molar refractivity (Wildman–Crippen MR) is 122 cm³/mol. The van der Waals surface area contributed by atoms with Crippen LogP contribution in [0, 0.1) is 0 Å². The van der Waals surface area contributed by atoms with Gasteiger partial charge in [-0.05, 0) is 18.2 Å². The number of rotatable bonds is 4. The number of pyridine rings is 1. The van der Waals surface area contributed by atoms with Gasteiger partial charge in [0.25, 0.3) is 5.91 Å². The normalized spacial score (nSPS) is 16.5. The van der Waals surface area contributed by atoms with Crippen LogP contribution in [-0.4, -0.2) is 65.0 Å². The molecule has 188 valence electrons. The number of nitrogens with zero attached hydrogens (tertiary/aromatic N) is 8. The van der Waals surface area contributed by atoms with Crippen LogP contribution in [0.3, 0.4) is 0 Å². The van der Waals surface area contributed by atoms with Gasteiger partial charge in [-0.2, -0.15) is 18.3 Å². The number of oxazole rings is 1. The molecule has 1 unspecified atom stereocenters. The molecule has 0 bridgehead atoms. The molecule has 1 aliphatic rings. The molecule has 11 nitrogen and oxygen atoms in total. The minimum atomic E-state index is -4.50. The summed E-state index contributed by atoms with van der Waals surface area (Å²) in [7, 11) is 0. The van der Waals surface area contributed by atoms with Crippen LogP contribution in [0.2, 0.25) is 0 Å². The molecule has 1 amide bonds. The number of aromatic amines is 1. The molecule has 6 rings (SSSR count). The van der Waals surface area contributed by atoms with Gasteiger partial charge in [-0.3, -0.25) is 14.3 Å². The zero-order valence-corrected chi connectivity index (χ0v) is 19.0. The first kappa shape index (κ1) is 22.7. The minimum absolute atomic E-state index is 0.206. The van der Waals surface area contributed by atoms with Gasteiger partial charge >= 0.3 is 6.18 Å². The Balaban J connectivity index is 1.32. The lowest BCUT2D eigenvalue weighted by atomic mass is 10.1. The molecule has 0 aliphatic carbocycles. The Morgan fingerprint density at radius 1 is 1.11 bits per heavy atom. The molecule has 5 aromatic rings. The zero-order valence-electron chi connectivity index (χ0n) is 19.0. The average Bonchev–Trinajstić information content (AvgIpc) is 3.69. The van der Waals surface area contributed by atoms with Gasteiger partial charge in [-0.25, -0.2) is 19.9 Å². The van der Waals surface area contributed by atoms with Crippen molar-refractivity contribution in [1.82, 2.24) is 39.4 Å². The minimum Gasteiger partial charge on any atom is -0.451 e. The molecule has 5 aromatic heterocycles. The Morgan fingerprint density at radius 3 is 2.76 bits per heavy atom. The quantitative estimate of drug-likeness (QED) is 0.392. The Hall–Kier alpha value is -4.75. The lowest BCUT2D eigenvalue weighted by Gasteiger charge is -2.41. The van der Waals surface area contributed by atoms with E-state index in [2.05, 4.69) is 30.1 Å². The molecule has 1 atom stereocenters. The van der Waals surface area contributed by atoms with Gasteiger partial charge in [-0.1, -0.05) is 0 Å². The molecule has 37 heavy (non-hydrogen) atoms. The smallest absolute Gasteiger partial charge is 0.417 e. The van der Waals surface area contributed by atoms with Crippen molar-refractivity contribution in [3.63, 3.8) is 0 Å². The van der Waals surface area contributed by atoms with Crippen molar-refractivity contribution in [3.8, 4) is 11.5 Å². The lowest BCUT2D eigenvalue weighted by molar-refractivity contribution is -0.137. The van der Waals surface area contributed by atoms with Crippen LogP contribution in [0.5, 0.6) is 0 Å². The van der Waals surface area contributed by atoms with Crippen LogP contribution in [0.15, 0.2) is 66.3 Å². The van der Waals surface area contributed by atoms with Gasteiger partial charge in [-0.15, -0.1) is 0 Å².